The van der Waals surface area contributed by atoms with Gasteiger partial charge >= 0.3 is 0 Å². The normalized spacial score (nSPS) is 11.0. The zero-order valence-corrected chi connectivity index (χ0v) is 12.8. The van der Waals surface area contributed by atoms with Crippen LogP contribution in [0.5, 0.6) is 5.75 Å². The van der Waals surface area contributed by atoms with Crippen molar-refractivity contribution >= 4 is 34.5 Å². The molecule has 2 heterocycles. The lowest BCUT2D eigenvalue weighted by Gasteiger charge is -2.11. The van der Waals surface area contributed by atoms with Crippen LogP contribution in [-0.2, 0) is 6.61 Å². The molecule has 0 saturated heterocycles. The van der Waals surface area contributed by atoms with Crippen molar-refractivity contribution in [2.45, 2.75) is 13.5 Å². The highest BCUT2D eigenvalue weighted by atomic mass is 35.5. The SMILES string of the molecule is Cc1cn2cccc(OCc3c(Cl)ccc(N)c3Cl)c2n1. The molecule has 0 aliphatic heterocycles. The van der Waals surface area contributed by atoms with Gasteiger partial charge in [-0.2, -0.15) is 0 Å². The molecule has 0 spiro atoms. The summed E-state index contributed by atoms with van der Waals surface area (Å²) in [6, 6.07) is 7.14. The predicted octanol–water partition coefficient (Wildman–Crippen LogP) is 4.11. The monoisotopic (exact) mass is 321 g/mol. The molecule has 0 aliphatic carbocycles. The van der Waals surface area contributed by atoms with Crippen molar-refractivity contribution in [3.05, 3.63) is 58.0 Å². The van der Waals surface area contributed by atoms with Crippen LogP contribution in [0.3, 0.4) is 0 Å². The van der Waals surface area contributed by atoms with Crippen LogP contribution in [0.15, 0.2) is 36.7 Å². The molecule has 0 fully saturated rings. The van der Waals surface area contributed by atoms with Crippen LogP contribution in [0.2, 0.25) is 10.0 Å². The van der Waals surface area contributed by atoms with Gasteiger partial charge in [0.15, 0.2) is 11.4 Å². The van der Waals surface area contributed by atoms with Crippen molar-refractivity contribution in [2.24, 2.45) is 0 Å². The predicted molar refractivity (Wildman–Crippen MR) is 85.1 cm³/mol. The van der Waals surface area contributed by atoms with E-state index >= 15 is 0 Å². The molecule has 0 atom stereocenters. The maximum Gasteiger partial charge on any atom is 0.179 e. The topological polar surface area (TPSA) is 52.5 Å². The molecule has 2 aromatic heterocycles. The number of ether oxygens (including phenoxy) is 1. The van der Waals surface area contributed by atoms with Crippen LogP contribution in [-0.4, -0.2) is 9.38 Å². The highest BCUT2D eigenvalue weighted by molar-refractivity contribution is 6.37. The van der Waals surface area contributed by atoms with Gasteiger partial charge in [0.2, 0.25) is 0 Å². The first-order valence-corrected chi connectivity index (χ1v) is 7.11. The Morgan fingerprint density at radius 1 is 1.29 bits per heavy atom. The molecule has 0 saturated carbocycles. The summed E-state index contributed by atoms with van der Waals surface area (Å²) >= 11 is 12.3. The first-order chi connectivity index (χ1) is 10.1. The summed E-state index contributed by atoms with van der Waals surface area (Å²) < 4.78 is 7.74. The van der Waals surface area contributed by atoms with Crippen molar-refractivity contribution in [1.82, 2.24) is 9.38 Å². The Bertz CT molecular complexity index is 814. The Kier molecular flexibility index (Phi) is 3.66. The largest absolute Gasteiger partial charge is 0.485 e. The quantitative estimate of drug-likeness (QED) is 0.738. The molecule has 21 heavy (non-hydrogen) atoms. The Morgan fingerprint density at radius 3 is 2.90 bits per heavy atom. The van der Waals surface area contributed by atoms with Crippen molar-refractivity contribution in [1.29, 1.82) is 0 Å². The van der Waals surface area contributed by atoms with Crippen LogP contribution < -0.4 is 10.5 Å². The number of nitrogens with zero attached hydrogens (tertiary/aromatic N) is 2. The number of nitrogen functional groups attached to an aromatic ring is 1. The third kappa shape index (κ3) is 2.64. The minimum absolute atomic E-state index is 0.230. The van der Waals surface area contributed by atoms with Gasteiger partial charge in [-0.15, -0.1) is 0 Å². The average molecular weight is 322 g/mol. The minimum atomic E-state index is 0.230. The second-order valence-corrected chi connectivity index (χ2v) is 5.49. The Labute approximate surface area is 132 Å². The van der Waals surface area contributed by atoms with E-state index in [0.29, 0.717) is 27.0 Å². The lowest BCUT2D eigenvalue weighted by Crippen LogP contribution is -2.01. The first-order valence-electron chi connectivity index (χ1n) is 6.35. The van der Waals surface area contributed by atoms with Crippen LogP contribution in [0.4, 0.5) is 5.69 Å². The molecule has 0 unspecified atom stereocenters. The zero-order valence-electron chi connectivity index (χ0n) is 11.3. The van der Waals surface area contributed by atoms with Crippen LogP contribution in [0, 0.1) is 6.92 Å². The van der Waals surface area contributed by atoms with E-state index in [9.17, 15) is 0 Å². The van der Waals surface area contributed by atoms with Gasteiger partial charge in [-0.25, -0.2) is 4.98 Å². The molecule has 0 bridgehead atoms. The van der Waals surface area contributed by atoms with E-state index in [1.807, 2.05) is 35.9 Å². The first kappa shape index (κ1) is 14.0. The van der Waals surface area contributed by atoms with Gasteiger partial charge in [-0.3, -0.25) is 0 Å². The molecule has 6 heteroatoms. The summed E-state index contributed by atoms with van der Waals surface area (Å²) in [5.74, 6) is 0.667. The molecule has 4 nitrogen and oxygen atoms in total. The molecule has 0 radical (unpaired) electrons. The van der Waals surface area contributed by atoms with Crippen LogP contribution in [0.1, 0.15) is 11.3 Å². The summed E-state index contributed by atoms with van der Waals surface area (Å²) in [6.07, 6.45) is 3.85. The van der Waals surface area contributed by atoms with E-state index in [0.717, 1.165) is 11.3 Å². The molecule has 3 aromatic rings. The Hall–Kier alpha value is -1.91. The summed E-state index contributed by atoms with van der Waals surface area (Å²) in [7, 11) is 0. The van der Waals surface area contributed by atoms with Gasteiger partial charge < -0.3 is 14.9 Å². The number of fused-ring (bicyclic) bond motifs is 1. The average Bonchev–Trinajstić information content (AvgIpc) is 2.84. The second-order valence-electron chi connectivity index (χ2n) is 4.70. The van der Waals surface area contributed by atoms with E-state index in [2.05, 4.69) is 4.98 Å². The van der Waals surface area contributed by atoms with Gasteiger partial charge in [-0.1, -0.05) is 23.2 Å². The molecule has 0 aliphatic rings. The fraction of sp³-hybridized carbons (Fsp3) is 0.133. The molecule has 3 rings (SSSR count). The van der Waals surface area contributed by atoms with Crippen molar-refractivity contribution in [2.75, 3.05) is 5.73 Å². The smallest absolute Gasteiger partial charge is 0.179 e. The number of hydrogen-bond donors (Lipinski definition) is 1. The summed E-state index contributed by atoms with van der Waals surface area (Å²) in [6.45, 7) is 2.16. The third-order valence-electron chi connectivity index (χ3n) is 3.16. The van der Waals surface area contributed by atoms with Crippen molar-refractivity contribution < 1.29 is 4.74 Å². The van der Waals surface area contributed by atoms with Gasteiger partial charge in [0.25, 0.3) is 0 Å². The third-order valence-corrected chi connectivity index (χ3v) is 3.96. The maximum atomic E-state index is 6.18. The number of benzene rings is 1. The van der Waals surface area contributed by atoms with E-state index in [1.165, 1.54) is 0 Å². The fourth-order valence-corrected chi connectivity index (χ4v) is 2.60. The number of pyridine rings is 1. The zero-order chi connectivity index (χ0) is 15.0. The number of aryl methyl sites for hydroxylation is 1. The van der Waals surface area contributed by atoms with E-state index in [1.54, 1.807) is 12.1 Å². The second kappa shape index (κ2) is 5.47. The standard InChI is InChI=1S/C15H13Cl2N3O/c1-9-7-20-6-2-3-13(15(20)19-9)21-8-10-11(16)4-5-12(18)14(10)17/h2-7H,8,18H2,1H3. The summed E-state index contributed by atoms with van der Waals surface area (Å²) in [4.78, 5) is 4.44. The number of halogens is 2. The Balaban J connectivity index is 1.92. The van der Waals surface area contributed by atoms with Gasteiger partial charge in [0.1, 0.15) is 6.61 Å². The summed E-state index contributed by atoms with van der Waals surface area (Å²) in [5.41, 5.74) is 8.62. The molecule has 0 amide bonds. The Morgan fingerprint density at radius 2 is 2.10 bits per heavy atom. The van der Waals surface area contributed by atoms with E-state index in [4.69, 9.17) is 33.7 Å². The number of nitrogens with two attached hydrogens (primary N) is 1. The molecular formula is C15H13Cl2N3O. The maximum absolute atomic E-state index is 6.18. The number of rotatable bonds is 3. The minimum Gasteiger partial charge on any atom is -0.485 e. The van der Waals surface area contributed by atoms with Crippen LogP contribution >= 0.6 is 23.2 Å². The van der Waals surface area contributed by atoms with Crippen molar-refractivity contribution in [3.63, 3.8) is 0 Å². The number of anilines is 1. The highest BCUT2D eigenvalue weighted by Gasteiger charge is 2.11. The van der Waals surface area contributed by atoms with Crippen LogP contribution in [0.25, 0.3) is 5.65 Å². The molecule has 108 valence electrons. The molecular weight excluding hydrogens is 309 g/mol. The number of hydrogen-bond acceptors (Lipinski definition) is 3. The lowest BCUT2D eigenvalue weighted by atomic mass is 10.2. The van der Waals surface area contributed by atoms with Crippen molar-refractivity contribution in [3.8, 4) is 5.75 Å². The number of aromatic nitrogens is 2. The fourth-order valence-electron chi connectivity index (χ4n) is 2.12. The highest BCUT2D eigenvalue weighted by Crippen LogP contribution is 2.31. The molecule has 1 aromatic carbocycles. The number of imidazole rings is 1. The van der Waals surface area contributed by atoms with Gasteiger partial charge in [0, 0.05) is 23.0 Å². The van der Waals surface area contributed by atoms with Gasteiger partial charge in [-0.05, 0) is 31.2 Å². The van der Waals surface area contributed by atoms with E-state index in [-0.39, 0.29) is 6.61 Å². The summed E-state index contributed by atoms with van der Waals surface area (Å²) in [5, 5.41) is 0.953. The molecule has 2 N–H and O–H groups in total. The van der Waals surface area contributed by atoms with Gasteiger partial charge in [0.05, 0.1) is 16.4 Å². The lowest BCUT2D eigenvalue weighted by molar-refractivity contribution is 0.308. The van der Waals surface area contributed by atoms with E-state index < -0.39 is 0 Å².